The average Bonchev–Trinajstić information content (AvgIpc) is 2.96. The van der Waals surface area contributed by atoms with Crippen molar-refractivity contribution in [2.24, 2.45) is 0 Å². The molecule has 2 atom stereocenters. The number of rotatable bonds is 34. The van der Waals surface area contributed by atoms with Crippen molar-refractivity contribution in [2.75, 3.05) is 54.1 Å². The summed E-state index contributed by atoms with van der Waals surface area (Å²) in [6.07, 6.45) is 26.9. The lowest BCUT2D eigenvalue weighted by Gasteiger charge is -2.28. The van der Waals surface area contributed by atoms with Gasteiger partial charge in [-0.05, 0) is 12.8 Å². The van der Waals surface area contributed by atoms with Crippen LogP contribution in [0.2, 0.25) is 0 Å². The van der Waals surface area contributed by atoms with Crippen molar-refractivity contribution in [3.05, 3.63) is 0 Å². The molecule has 0 spiro atoms. The van der Waals surface area contributed by atoms with Gasteiger partial charge in [0.05, 0.1) is 34.4 Å². The number of unbranched alkanes of at least 4 members (excludes halogenated alkanes) is 20. The van der Waals surface area contributed by atoms with E-state index in [4.69, 9.17) is 18.5 Å². The van der Waals surface area contributed by atoms with Gasteiger partial charge in [0.2, 0.25) is 0 Å². The highest BCUT2D eigenvalue weighted by atomic mass is 31.2. The Morgan fingerprint density at radius 3 is 1.50 bits per heavy atom. The molecule has 0 aromatic rings. The zero-order chi connectivity index (χ0) is 32.8. The number of hydrogen-bond donors (Lipinski definition) is 0. The van der Waals surface area contributed by atoms with E-state index in [2.05, 4.69) is 13.8 Å². The third kappa shape index (κ3) is 32.9. The summed E-state index contributed by atoms with van der Waals surface area (Å²) in [6.45, 7) is 5.39. The van der Waals surface area contributed by atoms with E-state index in [1.54, 1.807) is 0 Å². The molecule has 264 valence electrons. The van der Waals surface area contributed by atoms with Crippen LogP contribution in [-0.2, 0) is 27.9 Å². The van der Waals surface area contributed by atoms with Crippen molar-refractivity contribution in [3.63, 3.8) is 0 Å². The van der Waals surface area contributed by atoms with Gasteiger partial charge in [-0.2, -0.15) is 0 Å². The van der Waals surface area contributed by atoms with Gasteiger partial charge in [0.1, 0.15) is 19.3 Å². The van der Waals surface area contributed by atoms with Gasteiger partial charge in [0, 0.05) is 13.0 Å². The van der Waals surface area contributed by atoms with Crippen molar-refractivity contribution in [1.29, 1.82) is 0 Å². The summed E-state index contributed by atoms with van der Waals surface area (Å²) in [5.41, 5.74) is 0. The SMILES string of the molecule is CCCCCCCCCCCCCCCCCOCC(COP(=O)([O-])OCC[N+](C)(C)C)OC(=O)CCCCCCCCC. The van der Waals surface area contributed by atoms with E-state index in [1.807, 2.05) is 21.1 Å². The van der Waals surface area contributed by atoms with Crippen LogP contribution in [-0.4, -0.2) is 70.7 Å². The summed E-state index contributed by atoms with van der Waals surface area (Å²) in [5.74, 6) is -0.339. The molecule has 0 aliphatic carbocycles. The van der Waals surface area contributed by atoms with Crippen LogP contribution in [0.15, 0.2) is 0 Å². The molecular weight excluding hydrogens is 577 g/mol. The van der Waals surface area contributed by atoms with Gasteiger partial charge in [-0.15, -0.1) is 0 Å². The predicted octanol–water partition coefficient (Wildman–Crippen LogP) is 9.13. The van der Waals surface area contributed by atoms with E-state index < -0.39 is 13.9 Å². The molecule has 0 N–H and O–H groups in total. The third-order valence-electron chi connectivity index (χ3n) is 7.91. The van der Waals surface area contributed by atoms with Gasteiger partial charge in [0.25, 0.3) is 7.82 Å². The maximum absolute atomic E-state index is 12.5. The van der Waals surface area contributed by atoms with Gasteiger partial charge < -0.3 is 27.9 Å². The Labute approximate surface area is 272 Å². The van der Waals surface area contributed by atoms with E-state index in [-0.39, 0.29) is 25.8 Å². The Morgan fingerprint density at radius 1 is 0.614 bits per heavy atom. The fraction of sp³-hybridized carbons (Fsp3) is 0.971. The third-order valence-corrected chi connectivity index (χ3v) is 8.87. The number of phosphoric ester groups is 1. The van der Waals surface area contributed by atoms with Crippen molar-refractivity contribution in [3.8, 4) is 0 Å². The fourth-order valence-corrected chi connectivity index (χ4v) is 5.74. The van der Waals surface area contributed by atoms with Crippen molar-refractivity contribution in [2.45, 2.75) is 168 Å². The highest BCUT2D eigenvalue weighted by molar-refractivity contribution is 7.45. The van der Waals surface area contributed by atoms with E-state index in [0.717, 1.165) is 32.1 Å². The van der Waals surface area contributed by atoms with Crippen LogP contribution < -0.4 is 4.89 Å². The van der Waals surface area contributed by atoms with E-state index in [0.29, 0.717) is 24.1 Å². The second-order valence-electron chi connectivity index (χ2n) is 13.6. The largest absolute Gasteiger partial charge is 0.756 e. The lowest BCUT2D eigenvalue weighted by Crippen LogP contribution is -2.37. The first-order valence-corrected chi connectivity index (χ1v) is 19.7. The molecule has 2 unspecified atom stereocenters. The Hall–Kier alpha value is -0.500. The summed E-state index contributed by atoms with van der Waals surface area (Å²) in [6, 6.07) is 0. The first-order valence-electron chi connectivity index (χ1n) is 18.3. The molecule has 44 heavy (non-hydrogen) atoms. The number of likely N-dealkylation sites (N-methyl/N-ethyl adjacent to an activating group) is 1. The normalized spacial score (nSPS) is 14.0. The minimum absolute atomic E-state index is 0.0304. The molecule has 0 aliphatic heterocycles. The number of ether oxygens (including phenoxy) is 2. The Kier molecular flexibility index (Phi) is 29.5. The van der Waals surface area contributed by atoms with Gasteiger partial charge >= 0.3 is 5.97 Å². The predicted molar refractivity (Wildman–Crippen MR) is 181 cm³/mol. The zero-order valence-corrected chi connectivity index (χ0v) is 30.5. The quantitative estimate of drug-likeness (QED) is 0.0297. The number of quaternary nitrogens is 1. The summed E-state index contributed by atoms with van der Waals surface area (Å²) in [5, 5.41) is 0. The Bertz CT molecular complexity index is 686. The standard InChI is InChI=1S/C35H72NO7P/c1-6-8-10-12-14-15-16-17-18-19-20-21-23-25-27-30-40-32-34(33-42-44(38,39)41-31-29-36(3,4)5)43-35(37)28-26-24-22-13-11-9-7-2/h34H,6-33H2,1-5H3. The maximum Gasteiger partial charge on any atom is 0.306 e. The number of carbonyl (C=O) groups is 1. The number of nitrogens with zero attached hydrogens (tertiary/aromatic N) is 1. The monoisotopic (exact) mass is 650 g/mol. The maximum atomic E-state index is 12.5. The Morgan fingerprint density at radius 2 is 1.05 bits per heavy atom. The lowest BCUT2D eigenvalue weighted by atomic mass is 10.0. The van der Waals surface area contributed by atoms with Crippen molar-refractivity contribution >= 4 is 13.8 Å². The molecule has 0 aliphatic rings. The first-order chi connectivity index (χ1) is 21.1. The summed E-state index contributed by atoms with van der Waals surface area (Å²) in [7, 11) is 1.37. The molecule has 0 bridgehead atoms. The van der Waals surface area contributed by atoms with Crippen LogP contribution in [0.25, 0.3) is 0 Å². The van der Waals surface area contributed by atoms with E-state index in [9.17, 15) is 14.3 Å². The Balaban J connectivity index is 4.19. The second-order valence-corrected chi connectivity index (χ2v) is 15.0. The van der Waals surface area contributed by atoms with Crippen LogP contribution in [0.4, 0.5) is 0 Å². The molecule has 0 fully saturated rings. The van der Waals surface area contributed by atoms with E-state index >= 15 is 0 Å². The highest BCUT2D eigenvalue weighted by Gasteiger charge is 2.20. The van der Waals surface area contributed by atoms with Gasteiger partial charge in [0.15, 0.2) is 0 Å². The van der Waals surface area contributed by atoms with Crippen LogP contribution in [0.5, 0.6) is 0 Å². The number of carbonyl (C=O) groups excluding carboxylic acids is 1. The molecule has 0 rings (SSSR count). The topological polar surface area (TPSA) is 94.1 Å². The molecule has 0 aromatic carbocycles. The van der Waals surface area contributed by atoms with Crippen LogP contribution in [0, 0.1) is 0 Å². The van der Waals surface area contributed by atoms with Crippen LogP contribution >= 0.6 is 7.82 Å². The van der Waals surface area contributed by atoms with Gasteiger partial charge in [-0.25, -0.2) is 0 Å². The number of hydrogen-bond acceptors (Lipinski definition) is 7. The summed E-state index contributed by atoms with van der Waals surface area (Å²) in [4.78, 5) is 24.7. The average molecular weight is 650 g/mol. The second kappa shape index (κ2) is 29.9. The minimum Gasteiger partial charge on any atom is -0.756 e. The summed E-state index contributed by atoms with van der Waals surface area (Å²) >= 11 is 0. The summed E-state index contributed by atoms with van der Waals surface area (Å²) < 4.78 is 34.3. The molecule has 0 heterocycles. The molecule has 0 saturated carbocycles. The number of phosphoric acid groups is 1. The van der Waals surface area contributed by atoms with Crippen molar-refractivity contribution < 1.29 is 37.3 Å². The molecule has 0 radical (unpaired) electrons. The fourth-order valence-electron chi connectivity index (χ4n) is 5.02. The molecule has 0 aromatic heterocycles. The van der Waals surface area contributed by atoms with Crippen molar-refractivity contribution in [1.82, 2.24) is 0 Å². The number of esters is 1. The zero-order valence-electron chi connectivity index (χ0n) is 29.6. The first kappa shape index (κ1) is 43.5. The minimum atomic E-state index is -4.50. The van der Waals surface area contributed by atoms with Crippen LogP contribution in [0.3, 0.4) is 0 Å². The molecule has 9 heteroatoms. The highest BCUT2D eigenvalue weighted by Crippen LogP contribution is 2.38. The molecular formula is C35H72NO7P. The van der Waals surface area contributed by atoms with Crippen LogP contribution in [0.1, 0.15) is 162 Å². The molecule has 0 saturated heterocycles. The molecule has 0 amide bonds. The van der Waals surface area contributed by atoms with Gasteiger partial charge in [-0.3, -0.25) is 9.36 Å². The van der Waals surface area contributed by atoms with E-state index in [1.165, 1.54) is 109 Å². The molecule has 8 nitrogen and oxygen atoms in total. The lowest BCUT2D eigenvalue weighted by molar-refractivity contribution is -0.870. The van der Waals surface area contributed by atoms with Gasteiger partial charge in [-0.1, -0.05) is 142 Å². The smallest absolute Gasteiger partial charge is 0.306 e.